The summed E-state index contributed by atoms with van der Waals surface area (Å²) >= 11 is 0. The standard InChI is InChI=1S/C15H24N4O4/c1-15(2,3)23-14(22)18-8-4-7-17-12(20)10-19-9-11(16)5-6-13(19)21/h5-6,9H,4,7-8,10,16H2,1-3H3,(H,17,20)(H,18,22). The highest BCUT2D eigenvalue weighted by Crippen LogP contribution is 2.06. The van der Waals surface area contributed by atoms with Gasteiger partial charge in [-0.15, -0.1) is 0 Å². The summed E-state index contributed by atoms with van der Waals surface area (Å²) in [7, 11) is 0. The van der Waals surface area contributed by atoms with E-state index >= 15 is 0 Å². The number of nitrogens with two attached hydrogens (primary N) is 1. The van der Waals surface area contributed by atoms with Gasteiger partial charge in [0.1, 0.15) is 12.1 Å². The molecule has 0 bridgehead atoms. The summed E-state index contributed by atoms with van der Waals surface area (Å²) in [5.74, 6) is -0.296. The van der Waals surface area contributed by atoms with E-state index in [-0.39, 0.29) is 18.0 Å². The number of nitrogens with zero attached hydrogens (tertiary/aromatic N) is 1. The number of anilines is 1. The van der Waals surface area contributed by atoms with Crippen LogP contribution >= 0.6 is 0 Å². The molecule has 0 radical (unpaired) electrons. The lowest BCUT2D eigenvalue weighted by atomic mass is 10.2. The lowest BCUT2D eigenvalue weighted by molar-refractivity contribution is -0.121. The summed E-state index contributed by atoms with van der Waals surface area (Å²) in [5.41, 5.74) is 5.16. The van der Waals surface area contributed by atoms with Crippen molar-refractivity contribution in [3.8, 4) is 0 Å². The fraction of sp³-hybridized carbons (Fsp3) is 0.533. The highest BCUT2D eigenvalue weighted by Gasteiger charge is 2.15. The Morgan fingerprint density at radius 3 is 2.52 bits per heavy atom. The van der Waals surface area contributed by atoms with Gasteiger partial charge in [0.2, 0.25) is 5.91 Å². The number of carbonyl (C=O) groups excluding carboxylic acids is 2. The van der Waals surface area contributed by atoms with Crippen molar-refractivity contribution in [2.24, 2.45) is 0 Å². The maximum absolute atomic E-state index is 11.7. The fourth-order valence-corrected chi connectivity index (χ4v) is 1.70. The van der Waals surface area contributed by atoms with Gasteiger partial charge in [-0.1, -0.05) is 0 Å². The molecular weight excluding hydrogens is 300 g/mol. The second kappa shape index (κ2) is 8.21. The normalized spacial score (nSPS) is 10.9. The molecule has 1 aromatic rings. The summed E-state index contributed by atoms with van der Waals surface area (Å²) in [6, 6.07) is 2.80. The first kappa shape index (κ1) is 18.5. The van der Waals surface area contributed by atoms with Crippen LogP contribution in [-0.2, 0) is 16.1 Å². The molecule has 8 nitrogen and oxygen atoms in total. The molecule has 0 atom stereocenters. The third kappa shape index (κ3) is 7.89. The minimum Gasteiger partial charge on any atom is -0.444 e. The van der Waals surface area contributed by atoms with Gasteiger partial charge in [0, 0.05) is 31.0 Å². The second-order valence-corrected chi connectivity index (χ2v) is 6.06. The number of aromatic nitrogens is 1. The highest BCUT2D eigenvalue weighted by molar-refractivity contribution is 5.75. The molecule has 0 aliphatic heterocycles. The quantitative estimate of drug-likeness (QED) is 0.658. The van der Waals surface area contributed by atoms with E-state index in [1.54, 1.807) is 20.8 Å². The predicted molar refractivity (Wildman–Crippen MR) is 87.0 cm³/mol. The van der Waals surface area contributed by atoms with Crippen LogP contribution < -0.4 is 21.9 Å². The predicted octanol–water partition coefficient (Wildman–Crippen LogP) is 0.462. The second-order valence-electron chi connectivity index (χ2n) is 6.06. The summed E-state index contributed by atoms with van der Waals surface area (Å²) in [6.45, 7) is 6.02. The molecule has 0 unspecified atom stereocenters. The molecule has 0 aromatic carbocycles. The number of pyridine rings is 1. The molecule has 8 heteroatoms. The monoisotopic (exact) mass is 324 g/mol. The summed E-state index contributed by atoms with van der Waals surface area (Å²) < 4.78 is 6.32. The van der Waals surface area contributed by atoms with Gasteiger partial charge in [-0.3, -0.25) is 9.59 Å². The molecule has 1 rings (SSSR count). The maximum Gasteiger partial charge on any atom is 0.407 e. The van der Waals surface area contributed by atoms with Crippen molar-refractivity contribution in [3.63, 3.8) is 0 Å². The largest absolute Gasteiger partial charge is 0.444 e. The van der Waals surface area contributed by atoms with Crippen LogP contribution in [0, 0.1) is 0 Å². The third-order valence-electron chi connectivity index (χ3n) is 2.66. The lowest BCUT2D eigenvalue weighted by Gasteiger charge is -2.19. The summed E-state index contributed by atoms with van der Waals surface area (Å²) in [4.78, 5) is 34.7. The molecule has 4 N–H and O–H groups in total. The van der Waals surface area contributed by atoms with E-state index in [9.17, 15) is 14.4 Å². The Bertz CT molecular complexity index is 604. The lowest BCUT2D eigenvalue weighted by Crippen LogP contribution is -2.35. The molecule has 0 aliphatic carbocycles. The number of nitrogen functional groups attached to an aromatic ring is 1. The van der Waals surface area contributed by atoms with Crippen molar-refractivity contribution < 1.29 is 14.3 Å². The Balaban J connectivity index is 2.23. The van der Waals surface area contributed by atoms with Gasteiger partial charge in [-0.25, -0.2) is 4.79 Å². The van der Waals surface area contributed by atoms with E-state index < -0.39 is 11.7 Å². The molecule has 23 heavy (non-hydrogen) atoms. The Morgan fingerprint density at radius 1 is 1.22 bits per heavy atom. The van der Waals surface area contributed by atoms with E-state index in [1.165, 1.54) is 22.9 Å². The number of alkyl carbamates (subject to hydrolysis) is 1. The van der Waals surface area contributed by atoms with Crippen LogP contribution in [0.4, 0.5) is 10.5 Å². The number of hydrogen-bond donors (Lipinski definition) is 3. The third-order valence-corrected chi connectivity index (χ3v) is 2.66. The van der Waals surface area contributed by atoms with Crippen LogP contribution in [0.25, 0.3) is 0 Å². The van der Waals surface area contributed by atoms with E-state index in [2.05, 4.69) is 10.6 Å². The first-order chi connectivity index (χ1) is 10.7. The van der Waals surface area contributed by atoms with Crippen LogP contribution in [-0.4, -0.2) is 35.3 Å². The number of amides is 2. The number of nitrogens with one attached hydrogen (secondary N) is 2. The van der Waals surface area contributed by atoms with Gasteiger partial charge in [0.25, 0.3) is 5.56 Å². The zero-order valence-electron chi connectivity index (χ0n) is 13.7. The Labute approximate surface area is 135 Å². The van der Waals surface area contributed by atoms with Crippen LogP contribution in [0.1, 0.15) is 27.2 Å². The number of rotatable bonds is 6. The van der Waals surface area contributed by atoms with Gasteiger partial charge in [-0.05, 0) is 33.3 Å². The van der Waals surface area contributed by atoms with Crippen molar-refractivity contribution in [3.05, 3.63) is 28.7 Å². The zero-order chi connectivity index (χ0) is 17.5. The Hall–Kier alpha value is -2.51. The van der Waals surface area contributed by atoms with Gasteiger partial charge in [0.15, 0.2) is 0 Å². The van der Waals surface area contributed by atoms with E-state index in [4.69, 9.17) is 10.5 Å². The maximum atomic E-state index is 11.7. The molecule has 0 aliphatic rings. The molecule has 0 fully saturated rings. The van der Waals surface area contributed by atoms with Crippen LogP contribution in [0.3, 0.4) is 0 Å². The number of carbonyl (C=O) groups is 2. The van der Waals surface area contributed by atoms with Crippen molar-refractivity contribution in [2.45, 2.75) is 39.3 Å². The van der Waals surface area contributed by atoms with Crippen LogP contribution in [0.5, 0.6) is 0 Å². The van der Waals surface area contributed by atoms with Crippen molar-refractivity contribution >= 4 is 17.7 Å². The molecule has 1 heterocycles. The van der Waals surface area contributed by atoms with Gasteiger partial charge >= 0.3 is 6.09 Å². The highest BCUT2D eigenvalue weighted by atomic mass is 16.6. The van der Waals surface area contributed by atoms with Crippen molar-refractivity contribution in [1.82, 2.24) is 15.2 Å². The fourth-order valence-electron chi connectivity index (χ4n) is 1.70. The average Bonchev–Trinajstić information content (AvgIpc) is 2.40. The van der Waals surface area contributed by atoms with Gasteiger partial charge in [-0.2, -0.15) is 0 Å². The number of ether oxygens (including phenoxy) is 1. The van der Waals surface area contributed by atoms with Crippen LogP contribution in [0.15, 0.2) is 23.1 Å². The van der Waals surface area contributed by atoms with Crippen LogP contribution in [0.2, 0.25) is 0 Å². The molecule has 1 aromatic heterocycles. The first-order valence-electron chi connectivity index (χ1n) is 7.37. The topological polar surface area (TPSA) is 115 Å². The van der Waals surface area contributed by atoms with E-state index in [1.807, 2.05) is 0 Å². The zero-order valence-corrected chi connectivity index (χ0v) is 13.7. The minimum absolute atomic E-state index is 0.0939. The minimum atomic E-state index is -0.539. The molecule has 0 saturated carbocycles. The molecule has 2 amide bonds. The Kier molecular flexibility index (Phi) is 6.62. The number of hydrogen-bond acceptors (Lipinski definition) is 5. The molecule has 128 valence electrons. The SMILES string of the molecule is CC(C)(C)OC(=O)NCCCNC(=O)Cn1cc(N)ccc1=O. The average molecular weight is 324 g/mol. The molecular formula is C15H24N4O4. The van der Waals surface area contributed by atoms with Crippen molar-refractivity contribution in [2.75, 3.05) is 18.8 Å². The summed E-state index contributed by atoms with van der Waals surface area (Å²) in [5, 5.41) is 5.26. The molecule has 0 spiro atoms. The van der Waals surface area contributed by atoms with E-state index in [0.717, 1.165) is 0 Å². The Morgan fingerprint density at radius 2 is 1.87 bits per heavy atom. The molecule has 0 saturated heterocycles. The first-order valence-corrected chi connectivity index (χ1v) is 7.37. The van der Waals surface area contributed by atoms with Gasteiger partial charge in [0.05, 0.1) is 0 Å². The summed E-state index contributed by atoms with van der Waals surface area (Å²) in [6.07, 6.45) is 1.48. The smallest absolute Gasteiger partial charge is 0.407 e. The van der Waals surface area contributed by atoms with Crippen molar-refractivity contribution in [1.29, 1.82) is 0 Å². The van der Waals surface area contributed by atoms with E-state index in [0.29, 0.717) is 25.2 Å². The van der Waals surface area contributed by atoms with Gasteiger partial charge < -0.3 is 25.7 Å².